The Labute approximate surface area is 178 Å². The molecule has 0 aliphatic heterocycles. The van der Waals surface area contributed by atoms with Crippen LogP contribution >= 0.6 is 0 Å². The van der Waals surface area contributed by atoms with E-state index in [0.717, 1.165) is 19.3 Å². The summed E-state index contributed by atoms with van der Waals surface area (Å²) in [7, 11) is 0. The molecule has 0 bridgehead atoms. The van der Waals surface area contributed by atoms with E-state index in [1.807, 2.05) is 6.92 Å². The fraction of sp³-hybridized carbons (Fsp3) is 0.963. The Hall–Kier alpha value is -0.330. The van der Waals surface area contributed by atoms with E-state index in [2.05, 4.69) is 6.92 Å². The Bertz CT molecular complexity index is 297. The van der Waals surface area contributed by atoms with Crippen LogP contribution in [0.15, 0.2) is 0 Å². The zero-order valence-electron chi connectivity index (χ0n) is 19.9. The molecule has 0 radical (unpaired) electrons. The molecule has 0 aromatic rings. The molecular weight excluding hydrogens is 340 g/mol. The number of rotatable bonds is 24. The Balaban J connectivity index is 3.00. The Morgan fingerprint density at radius 2 is 0.643 bits per heavy atom. The molecule has 0 heterocycles. The third-order valence-corrected chi connectivity index (χ3v) is 6.20. The molecule has 0 fully saturated rings. The lowest BCUT2D eigenvalue weighted by atomic mass is 10.0. The molecule has 0 saturated heterocycles. The van der Waals surface area contributed by atoms with E-state index in [9.17, 15) is 4.79 Å². The summed E-state index contributed by atoms with van der Waals surface area (Å²) >= 11 is 0. The molecule has 0 atom stereocenters. The predicted molar refractivity (Wildman–Crippen MR) is 127 cm³/mol. The number of carbonyl (C=O) groups is 1. The van der Waals surface area contributed by atoms with E-state index in [1.54, 1.807) is 0 Å². The molecule has 1 heteroatoms. The summed E-state index contributed by atoms with van der Waals surface area (Å²) < 4.78 is 0. The fourth-order valence-electron chi connectivity index (χ4n) is 4.11. The summed E-state index contributed by atoms with van der Waals surface area (Å²) in [6.07, 6.45) is 32.7. The number of unbranched alkanes of at least 4 members (excludes halogenated alkanes) is 21. The SMILES string of the molecule is CCCCCCCCCCCCCCCCCCCCCCCCC(=O)CC. The topological polar surface area (TPSA) is 17.1 Å². The number of Topliss-reactive ketones (excluding diaryl/α,β-unsaturated/α-hetero) is 1. The molecule has 1 nitrogen and oxygen atoms in total. The average Bonchev–Trinajstić information content (AvgIpc) is 2.71. The average molecular weight is 395 g/mol. The number of hydrogen-bond donors (Lipinski definition) is 0. The molecule has 0 saturated carbocycles. The van der Waals surface area contributed by atoms with Gasteiger partial charge in [0, 0.05) is 12.8 Å². The van der Waals surface area contributed by atoms with Gasteiger partial charge in [-0.1, -0.05) is 149 Å². The molecule has 0 N–H and O–H groups in total. The summed E-state index contributed by atoms with van der Waals surface area (Å²) in [4.78, 5) is 11.2. The lowest BCUT2D eigenvalue weighted by molar-refractivity contribution is -0.118. The second-order valence-electron chi connectivity index (χ2n) is 9.07. The van der Waals surface area contributed by atoms with E-state index < -0.39 is 0 Å². The number of ketones is 1. The maximum Gasteiger partial charge on any atom is 0.132 e. The first kappa shape index (κ1) is 27.7. The van der Waals surface area contributed by atoms with Crippen LogP contribution in [0.4, 0.5) is 0 Å². The van der Waals surface area contributed by atoms with E-state index in [0.29, 0.717) is 5.78 Å². The summed E-state index contributed by atoms with van der Waals surface area (Å²) in [6.45, 7) is 4.27. The zero-order chi connectivity index (χ0) is 20.5. The zero-order valence-corrected chi connectivity index (χ0v) is 19.9. The summed E-state index contributed by atoms with van der Waals surface area (Å²) in [6, 6.07) is 0. The maximum absolute atomic E-state index is 11.2. The van der Waals surface area contributed by atoms with Crippen LogP contribution in [0.1, 0.15) is 168 Å². The molecule has 168 valence electrons. The second kappa shape index (κ2) is 24.7. The summed E-state index contributed by atoms with van der Waals surface area (Å²) in [5.74, 6) is 0.438. The minimum Gasteiger partial charge on any atom is -0.300 e. The molecule has 28 heavy (non-hydrogen) atoms. The van der Waals surface area contributed by atoms with E-state index >= 15 is 0 Å². The number of carbonyl (C=O) groups excluding carboxylic acids is 1. The normalized spacial score (nSPS) is 11.2. The molecule has 0 spiro atoms. The third kappa shape index (κ3) is 23.7. The van der Waals surface area contributed by atoms with Crippen LogP contribution in [-0.2, 0) is 4.79 Å². The molecule has 0 aliphatic carbocycles. The van der Waals surface area contributed by atoms with Crippen molar-refractivity contribution in [2.75, 3.05) is 0 Å². The van der Waals surface area contributed by atoms with E-state index in [1.165, 1.54) is 135 Å². The van der Waals surface area contributed by atoms with Crippen LogP contribution < -0.4 is 0 Å². The maximum atomic E-state index is 11.2. The first-order chi connectivity index (χ1) is 13.8. The van der Waals surface area contributed by atoms with Crippen LogP contribution in [0.5, 0.6) is 0 Å². The van der Waals surface area contributed by atoms with Crippen molar-refractivity contribution < 1.29 is 4.79 Å². The molecule has 0 amide bonds. The van der Waals surface area contributed by atoms with Crippen LogP contribution in [0.3, 0.4) is 0 Å². The Kier molecular flexibility index (Phi) is 24.4. The van der Waals surface area contributed by atoms with Crippen LogP contribution in [0, 0.1) is 0 Å². The first-order valence-electron chi connectivity index (χ1n) is 13.3. The van der Waals surface area contributed by atoms with Gasteiger partial charge < -0.3 is 0 Å². The van der Waals surface area contributed by atoms with Gasteiger partial charge >= 0.3 is 0 Å². The van der Waals surface area contributed by atoms with Crippen LogP contribution in [0.25, 0.3) is 0 Å². The smallest absolute Gasteiger partial charge is 0.132 e. The van der Waals surface area contributed by atoms with Gasteiger partial charge in [0.1, 0.15) is 5.78 Å². The van der Waals surface area contributed by atoms with E-state index in [-0.39, 0.29) is 0 Å². The Morgan fingerprint density at radius 3 is 0.893 bits per heavy atom. The van der Waals surface area contributed by atoms with Gasteiger partial charge in [-0.2, -0.15) is 0 Å². The highest BCUT2D eigenvalue weighted by Crippen LogP contribution is 2.15. The standard InChI is InChI=1S/C27H54O/c1-3-5-6-7-8-9-10-11-12-13-14-15-16-17-18-19-20-21-22-23-24-25-26-27(28)4-2/h3-26H2,1-2H3. The lowest BCUT2D eigenvalue weighted by Crippen LogP contribution is -1.94. The van der Waals surface area contributed by atoms with Gasteiger partial charge in [0.2, 0.25) is 0 Å². The van der Waals surface area contributed by atoms with Gasteiger partial charge in [0.05, 0.1) is 0 Å². The van der Waals surface area contributed by atoms with Crippen LogP contribution in [-0.4, -0.2) is 5.78 Å². The van der Waals surface area contributed by atoms with Crippen molar-refractivity contribution in [3.63, 3.8) is 0 Å². The minimum absolute atomic E-state index is 0.438. The molecule has 0 rings (SSSR count). The third-order valence-electron chi connectivity index (χ3n) is 6.20. The predicted octanol–water partition coefficient (Wildman–Crippen LogP) is 9.96. The molecule has 0 unspecified atom stereocenters. The summed E-state index contributed by atoms with van der Waals surface area (Å²) in [5.41, 5.74) is 0. The van der Waals surface area contributed by atoms with Crippen molar-refractivity contribution in [1.29, 1.82) is 0 Å². The van der Waals surface area contributed by atoms with Crippen molar-refractivity contribution in [3.05, 3.63) is 0 Å². The lowest BCUT2D eigenvalue weighted by Gasteiger charge is -2.04. The van der Waals surface area contributed by atoms with Crippen molar-refractivity contribution in [3.8, 4) is 0 Å². The van der Waals surface area contributed by atoms with Gasteiger partial charge in [0.25, 0.3) is 0 Å². The largest absolute Gasteiger partial charge is 0.300 e. The minimum atomic E-state index is 0.438. The van der Waals surface area contributed by atoms with Gasteiger partial charge in [-0.25, -0.2) is 0 Å². The molecule has 0 aliphatic rings. The van der Waals surface area contributed by atoms with Gasteiger partial charge in [-0.05, 0) is 6.42 Å². The van der Waals surface area contributed by atoms with Crippen molar-refractivity contribution in [1.82, 2.24) is 0 Å². The highest BCUT2D eigenvalue weighted by molar-refractivity contribution is 5.77. The second-order valence-corrected chi connectivity index (χ2v) is 9.07. The van der Waals surface area contributed by atoms with Gasteiger partial charge in [-0.3, -0.25) is 4.79 Å². The highest BCUT2D eigenvalue weighted by Gasteiger charge is 1.98. The van der Waals surface area contributed by atoms with E-state index in [4.69, 9.17) is 0 Å². The van der Waals surface area contributed by atoms with Crippen LogP contribution in [0.2, 0.25) is 0 Å². The molecular formula is C27H54O. The monoisotopic (exact) mass is 394 g/mol. The highest BCUT2D eigenvalue weighted by atomic mass is 16.1. The van der Waals surface area contributed by atoms with Gasteiger partial charge in [-0.15, -0.1) is 0 Å². The number of hydrogen-bond acceptors (Lipinski definition) is 1. The van der Waals surface area contributed by atoms with Crippen molar-refractivity contribution in [2.24, 2.45) is 0 Å². The Morgan fingerprint density at radius 1 is 0.393 bits per heavy atom. The summed E-state index contributed by atoms with van der Waals surface area (Å²) in [5, 5.41) is 0. The molecule has 0 aromatic heterocycles. The van der Waals surface area contributed by atoms with Crippen molar-refractivity contribution in [2.45, 2.75) is 168 Å². The van der Waals surface area contributed by atoms with Crippen molar-refractivity contribution >= 4 is 5.78 Å². The quantitative estimate of drug-likeness (QED) is 0.149. The first-order valence-corrected chi connectivity index (χ1v) is 13.3. The fourth-order valence-corrected chi connectivity index (χ4v) is 4.11. The molecule has 0 aromatic carbocycles. The van der Waals surface area contributed by atoms with Gasteiger partial charge in [0.15, 0.2) is 0 Å².